The van der Waals surface area contributed by atoms with Gasteiger partial charge in [0.25, 0.3) is 11.5 Å². The molecule has 0 unspecified atom stereocenters. The van der Waals surface area contributed by atoms with Crippen LogP contribution in [0.1, 0.15) is 28.6 Å². The molecule has 2 aliphatic rings. The summed E-state index contributed by atoms with van der Waals surface area (Å²) in [6.07, 6.45) is 2.68. The first kappa shape index (κ1) is 20.4. The second kappa shape index (κ2) is 7.98. The van der Waals surface area contributed by atoms with E-state index in [4.69, 9.17) is 4.42 Å². The van der Waals surface area contributed by atoms with Gasteiger partial charge in [0, 0.05) is 43.4 Å². The van der Waals surface area contributed by atoms with Gasteiger partial charge in [-0.2, -0.15) is 0 Å². The van der Waals surface area contributed by atoms with Crippen LogP contribution in [0, 0.1) is 5.92 Å². The van der Waals surface area contributed by atoms with Crippen LogP contribution in [0.4, 0.5) is 11.5 Å². The van der Waals surface area contributed by atoms with E-state index in [9.17, 15) is 14.4 Å². The van der Waals surface area contributed by atoms with Crippen molar-refractivity contribution in [1.29, 1.82) is 0 Å². The van der Waals surface area contributed by atoms with E-state index in [0.29, 0.717) is 28.5 Å². The molecular weight excluding hydrogens is 432 g/mol. The fourth-order valence-electron chi connectivity index (χ4n) is 5.14. The lowest BCUT2D eigenvalue weighted by Gasteiger charge is -2.43. The molecule has 0 radical (unpaired) electrons. The van der Waals surface area contributed by atoms with Gasteiger partial charge in [-0.15, -0.1) is 0 Å². The van der Waals surface area contributed by atoms with Crippen molar-refractivity contribution in [2.45, 2.75) is 18.9 Å². The van der Waals surface area contributed by atoms with Gasteiger partial charge in [-0.05, 0) is 42.7 Å². The SMILES string of the molecule is O=C(Nc1ccc(N2C[C@H]3C[C@@H](C2)c2cccc(=O)n2C3)nc1)c1cc(=O)c2ccccc2o1. The summed E-state index contributed by atoms with van der Waals surface area (Å²) in [5.41, 5.74) is 1.78. The first-order chi connectivity index (χ1) is 16.5. The van der Waals surface area contributed by atoms with E-state index in [0.717, 1.165) is 37.6 Å². The zero-order valence-electron chi connectivity index (χ0n) is 18.3. The van der Waals surface area contributed by atoms with Crippen molar-refractivity contribution >= 4 is 28.4 Å². The van der Waals surface area contributed by atoms with Crippen molar-refractivity contribution in [3.63, 3.8) is 0 Å². The number of nitrogens with zero attached hydrogens (tertiary/aromatic N) is 3. The molecule has 34 heavy (non-hydrogen) atoms. The topological polar surface area (TPSA) is 97.4 Å². The highest BCUT2D eigenvalue weighted by Gasteiger charge is 2.34. The minimum atomic E-state index is -0.507. The molecule has 1 N–H and O–H groups in total. The van der Waals surface area contributed by atoms with E-state index in [-0.39, 0.29) is 16.7 Å². The van der Waals surface area contributed by atoms with Crippen LogP contribution < -0.4 is 21.2 Å². The molecule has 0 spiro atoms. The summed E-state index contributed by atoms with van der Waals surface area (Å²) in [6.45, 7) is 2.35. The molecule has 1 saturated heterocycles. The Bertz CT molecular complexity index is 1520. The lowest BCUT2D eigenvalue weighted by molar-refractivity contribution is 0.0997. The lowest BCUT2D eigenvalue weighted by atomic mass is 9.83. The highest BCUT2D eigenvalue weighted by atomic mass is 16.3. The molecule has 1 fully saturated rings. The number of hydrogen-bond acceptors (Lipinski definition) is 6. The number of amides is 1. The predicted molar refractivity (Wildman–Crippen MR) is 128 cm³/mol. The first-order valence-electron chi connectivity index (χ1n) is 11.3. The molecule has 1 aromatic carbocycles. The number of para-hydroxylation sites is 1. The lowest BCUT2D eigenvalue weighted by Crippen LogP contribution is -2.47. The minimum absolute atomic E-state index is 0.0504. The van der Waals surface area contributed by atoms with E-state index in [2.05, 4.69) is 15.2 Å². The number of pyridine rings is 2. The quantitative estimate of drug-likeness (QED) is 0.511. The monoisotopic (exact) mass is 454 g/mol. The number of benzene rings is 1. The molecule has 3 aromatic heterocycles. The van der Waals surface area contributed by atoms with Gasteiger partial charge in [-0.3, -0.25) is 14.4 Å². The van der Waals surface area contributed by atoms with Gasteiger partial charge in [-0.25, -0.2) is 4.98 Å². The average molecular weight is 454 g/mol. The number of hydrogen-bond donors (Lipinski definition) is 1. The second-order valence-electron chi connectivity index (χ2n) is 8.93. The highest BCUT2D eigenvalue weighted by Crippen LogP contribution is 2.36. The Kier molecular flexibility index (Phi) is 4.79. The van der Waals surface area contributed by atoms with Crippen molar-refractivity contribution in [3.8, 4) is 0 Å². The summed E-state index contributed by atoms with van der Waals surface area (Å²) in [6, 6.07) is 17.2. The van der Waals surface area contributed by atoms with Crippen LogP contribution in [0.25, 0.3) is 11.0 Å². The third kappa shape index (κ3) is 3.57. The van der Waals surface area contributed by atoms with E-state index in [1.165, 1.54) is 6.07 Å². The van der Waals surface area contributed by atoms with E-state index >= 15 is 0 Å². The number of carbonyl (C=O) groups is 1. The Balaban J connectivity index is 1.19. The summed E-state index contributed by atoms with van der Waals surface area (Å²) in [5.74, 6) is 0.955. The van der Waals surface area contributed by atoms with Gasteiger partial charge in [-0.1, -0.05) is 18.2 Å². The maximum Gasteiger partial charge on any atom is 0.291 e. The summed E-state index contributed by atoms with van der Waals surface area (Å²) < 4.78 is 7.52. The Morgan fingerprint density at radius 2 is 1.88 bits per heavy atom. The van der Waals surface area contributed by atoms with E-state index < -0.39 is 5.91 Å². The number of fused-ring (bicyclic) bond motifs is 5. The zero-order valence-corrected chi connectivity index (χ0v) is 18.3. The summed E-state index contributed by atoms with van der Waals surface area (Å²) in [5, 5.41) is 3.18. The van der Waals surface area contributed by atoms with Gasteiger partial charge >= 0.3 is 0 Å². The number of rotatable bonds is 3. The molecule has 8 nitrogen and oxygen atoms in total. The van der Waals surface area contributed by atoms with Crippen molar-refractivity contribution in [2.24, 2.45) is 5.92 Å². The fourth-order valence-corrected chi connectivity index (χ4v) is 5.14. The summed E-state index contributed by atoms with van der Waals surface area (Å²) in [4.78, 5) is 44.0. The van der Waals surface area contributed by atoms with Crippen molar-refractivity contribution in [3.05, 3.63) is 98.9 Å². The number of aromatic nitrogens is 2. The molecule has 2 atom stereocenters. The Morgan fingerprint density at radius 1 is 1.00 bits per heavy atom. The molecule has 1 amide bonds. The van der Waals surface area contributed by atoms with Gasteiger partial charge in [0.05, 0.1) is 17.3 Å². The molecule has 0 saturated carbocycles. The third-order valence-corrected chi connectivity index (χ3v) is 6.67. The molecule has 0 aliphatic carbocycles. The molecule has 8 heteroatoms. The van der Waals surface area contributed by atoms with E-state index in [1.807, 2.05) is 22.8 Å². The van der Waals surface area contributed by atoms with Gasteiger partial charge < -0.3 is 19.2 Å². The summed E-state index contributed by atoms with van der Waals surface area (Å²) >= 11 is 0. The third-order valence-electron chi connectivity index (χ3n) is 6.67. The largest absolute Gasteiger partial charge is 0.451 e. The normalized spacial score (nSPS) is 19.0. The number of carbonyl (C=O) groups excluding carboxylic acids is 1. The van der Waals surface area contributed by atoms with Crippen LogP contribution in [0.2, 0.25) is 0 Å². The maximum absolute atomic E-state index is 12.7. The van der Waals surface area contributed by atoms with Crippen LogP contribution in [0.15, 0.2) is 80.9 Å². The van der Waals surface area contributed by atoms with Crippen molar-refractivity contribution < 1.29 is 9.21 Å². The van der Waals surface area contributed by atoms with Gasteiger partial charge in [0.1, 0.15) is 11.4 Å². The van der Waals surface area contributed by atoms with Crippen molar-refractivity contribution in [2.75, 3.05) is 23.3 Å². The van der Waals surface area contributed by atoms with Gasteiger partial charge in [0.15, 0.2) is 11.2 Å². The zero-order chi connectivity index (χ0) is 23.2. The van der Waals surface area contributed by atoms with Crippen LogP contribution in [0.5, 0.6) is 0 Å². The number of nitrogens with one attached hydrogen (secondary N) is 1. The Labute approximate surface area is 194 Å². The van der Waals surface area contributed by atoms with Gasteiger partial charge in [0.2, 0.25) is 0 Å². The molecule has 6 rings (SSSR count). The molecule has 2 aliphatic heterocycles. The fraction of sp³-hybridized carbons (Fsp3) is 0.231. The molecule has 4 aromatic rings. The number of piperidine rings is 1. The molecular formula is C26H22N4O4. The summed E-state index contributed by atoms with van der Waals surface area (Å²) in [7, 11) is 0. The average Bonchev–Trinajstić information content (AvgIpc) is 2.85. The van der Waals surface area contributed by atoms with Crippen LogP contribution >= 0.6 is 0 Å². The smallest absolute Gasteiger partial charge is 0.291 e. The van der Waals surface area contributed by atoms with Crippen molar-refractivity contribution in [1.82, 2.24) is 9.55 Å². The van der Waals surface area contributed by atoms with Crippen LogP contribution in [0.3, 0.4) is 0 Å². The van der Waals surface area contributed by atoms with Crippen LogP contribution in [-0.2, 0) is 6.54 Å². The Morgan fingerprint density at radius 3 is 2.74 bits per heavy atom. The maximum atomic E-state index is 12.7. The van der Waals surface area contributed by atoms with E-state index in [1.54, 1.807) is 42.6 Å². The second-order valence-corrected chi connectivity index (χ2v) is 8.93. The molecule has 170 valence electrons. The minimum Gasteiger partial charge on any atom is -0.451 e. The Hall–Kier alpha value is -4.20. The molecule has 5 heterocycles. The number of anilines is 2. The highest BCUT2D eigenvalue weighted by molar-refractivity contribution is 6.02. The van der Waals surface area contributed by atoms with Crippen LogP contribution in [-0.4, -0.2) is 28.5 Å². The standard InChI is InChI=1S/C26H22N4O4/c31-21-11-23(34-22-6-2-1-4-19(21)22)26(33)28-18-8-9-24(27-12-18)29-13-16-10-17(15-29)20-5-3-7-25(32)30(20)14-16/h1-9,11-12,16-17H,10,13-15H2,(H,28,33)/t16-,17+/m1/s1. The molecule has 2 bridgehead atoms. The predicted octanol–water partition coefficient (Wildman–Crippen LogP) is 3.23. The first-order valence-corrected chi connectivity index (χ1v) is 11.3.